The fourth-order valence-corrected chi connectivity index (χ4v) is 2.55. The van der Waals surface area contributed by atoms with Gasteiger partial charge in [-0.25, -0.2) is 0 Å². The summed E-state index contributed by atoms with van der Waals surface area (Å²) in [5.41, 5.74) is 0. The predicted octanol–water partition coefficient (Wildman–Crippen LogP) is 2.63. The minimum absolute atomic E-state index is 0.224. The lowest BCUT2D eigenvalue weighted by Gasteiger charge is -2.15. The zero-order valence-corrected chi connectivity index (χ0v) is 14.1. The van der Waals surface area contributed by atoms with Crippen molar-refractivity contribution in [2.45, 2.75) is 46.5 Å². The van der Waals surface area contributed by atoms with Crippen molar-refractivity contribution in [2.75, 3.05) is 26.0 Å². The standard InChI is InChI=1S/C14H27O6P/c1-4-7-10-20-21(17)11-8-9-12(13(15)18-5-2)14(16)19-6-3/h12,17H,4-11H2,1-3H3. The third-order valence-electron chi connectivity index (χ3n) is 2.72. The molecule has 124 valence electrons. The fraction of sp³-hybridized carbons (Fsp3) is 0.857. The maximum Gasteiger partial charge on any atom is 0.320 e. The maximum absolute atomic E-state index is 11.7. The van der Waals surface area contributed by atoms with Gasteiger partial charge in [-0.3, -0.25) is 9.59 Å². The Morgan fingerprint density at radius 1 is 1.05 bits per heavy atom. The predicted molar refractivity (Wildman–Crippen MR) is 80.9 cm³/mol. The van der Waals surface area contributed by atoms with Gasteiger partial charge in [-0.1, -0.05) is 13.3 Å². The van der Waals surface area contributed by atoms with Gasteiger partial charge in [0.2, 0.25) is 0 Å². The molecular weight excluding hydrogens is 295 g/mol. The molecule has 0 radical (unpaired) electrons. The SMILES string of the molecule is CCCCOP(O)CCCC(C(=O)OCC)C(=O)OCC. The van der Waals surface area contributed by atoms with Gasteiger partial charge in [-0.15, -0.1) is 0 Å². The number of esters is 2. The van der Waals surface area contributed by atoms with Crippen LogP contribution in [0.2, 0.25) is 0 Å². The van der Waals surface area contributed by atoms with E-state index < -0.39 is 26.2 Å². The molecule has 7 heteroatoms. The average Bonchev–Trinajstić information content (AvgIpc) is 2.44. The van der Waals surface area contributed by atoms with Crippen LogP contribution >= 0.6 is 8.38 Å². The number of hydrogen-bond acceptors (Lipinski definition) is 6. The molecule has 0 spiro atoms. The maximum atomic E-state index is 11.7. The molecular formula is C14H27O6P. The van der Waals surface area contributed by atoms with E-state index in [1.54, 1.807) is 13.8 Å². The van der Waals surface area contributed by atoms with Gasteiger partial charge in [0.15, 0.2) is 14.3 Å². The fourth-order valence-electron chi connectivity index (χ4n) is 1.63. The number of carbonyl (C=O) groups is 2. The highest BCUT2D eigenvalue weighted by Gasteiger charge is 2.29. The minimum Gasteiger partial charge on any atom is -0.465 e. The number of ether oxygens (including phenoxy) is 2. The second-order valence-corrected chi connectivity index (χ2v) is 5.87. The van der Waals surface area contributed by atoms with Crippen LogP contribution in [-0.2, 0) is 23.6 Å². The third kappa shape index (κ3) is 9.77. The van der Waals surface area contributed by atoms with Gasteiger partial charge >= 0.3 is 11.9 Å². The third-order valence-corrected chi connectivity index (χ3v) is 3.90. The summed E-state index contributed by atoms with van der Waals surface area (Å²) >= 11 is 0. The summed E-state index contributed by atoms with van der Waals surface area (Å²) < 4.78 is 15.0. The summed E-state index contributed by atoms with van der Waals surface area (Å²) in [5.74, 6) is -2.04. The van der Waals surface area contributed by atoms with Crippen molar-refractivity contribution < 1.29 is 28.5 Å². The van der Waals surface area contributed by atoms with Crippen molar-refractivity contribution in [2.24, 2.45) is 5.92 Å². The molecule has 0 fully saturated rings. The quantitative estimate of drug-likeness (QED) is 0.257. The topological polar surface area (TPSA) is 82.1 Å². The van der Waals surface area contributed by atoms with Crippen LogP contribution in [0.4, 0.5) is 0 Å². The van der Waals surface area contributed by atoms with E-state index in [0.29, 0.717) is 25.6 Å². The molecule has 0 aliphatic heterocycles. The van der Waals surface area contributed by atoms with Crippen molar-refractivity contribution in [3.63, 3.8) is 0 Å². The Hall–Kier alpha value is -0.710. The monoisotopic (exact) mass is 322 g/mol. The average molecular weight is 322 g/mol. The van der Waals surface area contributed by atoms with Crippen LogP contribution in [0.1, 0.15) is 46.5 Å². The molecule has 1 N–H and O–H groups in total. The van der Waals surface area contributed by atoms with Crippen LogP contribution in [0.3, 0.4) is 0 Å². The molecule has 0 saturated carbocycles. The molecule has 0 aromatic carbocycles. The zero-order valence-electron chi connectivity index (χ0n) is 13.2. The summed E-state index contributed by atoms with van der Waals surface area (Å²) in [5, 5.41) is 0. The molecule has 0 aromatic heterocycles. The first-order valence-electron chi connectivity index (χ1n) is 7.49. The molecule has 1 atom stereocenters. The van der Waals surface area contributed by atoms with Crippen LogP contribution in [0.25, 0.3) is 0 Å². The van der Waals surface area contributed by atoms with E-state index in [1.807, 2.05) is 6.92 Å². The second-order valence-electron chi connectivity index (χ2n) is 4.46. The summed E-state index contributed by atoms with van der Waals surface area (Å²) in [4.78, 5) is 33.2. The summed E-state index contributed by atoms with van der Waals surface area (Å²) in [6.45, 7) is 6.41. The molecule has 0 aromatic rings. The number of carbonyl (C=O) groups excluding carboxylic acids is 2. The van der Waals surface area contributed by atoms with Crippen molar-refractivity contribution in [1.82, 2.24) is 0 Å². The highest BCUT2D eigenvalue weighted by Crippen LogP contribution is 2.33. The number of hydrogen-bond donors (Lipinski definition) is 1. The molecule has 0 rings (SSSR count). The first kappa shape index (κ1) is 20.3. The first-order valence-corrected chi connectivity index (χ1v) is 8.89. The lowest BCUT2D eigenvalue weighted by molar-refractivity contribution is -0.161. The lowest BCUT2D eigenvalue weighted by Crippen LogP contribution is -2.28. The van der Waals surface area contributed by atoms with E-state index in [9.17, 15) is 14.5 Å². The van der Waals surface area contributed by atoms with Gasteiger partial charge in [0.05, 0.1) is 19.8 Å². The Bertz CT molecular complexity index is 279. The van der Waals surface area contributed by atoms with Gasteiger partial charge in [0.25, 0.3) is 0 Å². The molecule has 0 aliphatic carbocycles. The number of unbranched alkanes of at least 4 members (excludes halogenated alkanes) is 1. The molecule has 0 heterocycles. The van der Waals surface area contributed by atoms with E-state index in [1.165, 1.54) is 0 Å². The summed E-state index contributed by atoms with van der Waals surface area (Å²) in [6.07, 6.45) is 3.17. The van der Waals surface area contributed by atoms with E-state index in [-0.39, 0.29) is 13.2 Å². The smallest absolute Gasteiger partial charge is 0.320 e. The molecule has 0 bridgehead atoms. The van der Waals surface area contributed by atoms with Crippen molar-refractivity contribution in [1.29, 1.82) is 0 Å². The van der Waals surface area contributed by atoms with Crippen LogP contribution in [0.5, 0.6) is 0 Å². The first-order chi connectivity index (χ1) is 10.1. The van der Waals surface area contributed by atoms with Crippen molar-refractivity contribution in [3.05, 3.63) is 0 Å². The van der Waals surface area contributed by atoms with Crippen LogP contribution < -0.4 is 0 Å². The Kier molecular flexibility index (Phi) is 12.5. The normalized spacial score (nSPS) is 12.2. The molecule has 0 saturated heterocycles. The van der Waals surface area contributed by atoms with Gasteiger partial charge in [0, 0.05) is 6.16 Å². The summed E-state index contributed by atoms with van der Waals surface area (Å²) in [7, 11) is -1.48. The largest absolute Gasteiger partial charge is 0.465 e. The Labute approximate surface area is 128 Å². The Morgan fingerprint density at radius 3 is 2.10 bits per heavy atom. The van der Waals surface area contributed by atoms with E-state index in [2.05, 4.69) is 0 Å². The van der Waals surface area contributed by atoms with E-state index in [0.717, 1.165) is 12.8 Å². The second kappa shape index (κ2) is 13.0. The van der Waals surface area contributed by atoms with E-state index in [4.69, 9.17) is 14.0 Å². The van der Waals surface area contributed by atoms with Crippen molar-refractivity contribution in [3.8, 4) is 0 Å². The van der Waals surface area contributed by atoms with Gasteiger partial charge in [-0.2, -0.15) is 0 Å². The molecule has 1 unspecified atom stereocenters. The minimum atomic E-state index is -1.48. The van der Waals surface area contributed by atoms with E-state index >= 15 is 0 Å². The van der Waals surface area contributed by atoms with Crippen LogP contribution in [-0.4, -0.2) is 42.8 Å². The highest BCUT2D eigenvalue weighted by atomic mass is 31.2. The summed E-state index contributed by atoms with van der Waals surface area (Å²) in [6, 6.07) is 0. The lowest BCUT2D eigenvalue weighted by atomic mass is 10.0. The zero-order chi connectivity index (χ0) is 16.1. The molecule has 0 aliphatic rings. The van der Waals surface area contributed by atoms with Crippen LogP contribution in [0, 0.1) is 5.92 Å². The van der Waals surface area contributed by atoms with Gasteiger partial charge in [0.1, 0.15) is 0 Å². The molecule has 0 amide bonds. The molecule has 6 nitrogen and oxygen atoms in total. The molecule has 21 heavy (non-hydrogen) atoms. The Morgan fingerprint density at radius 2 is 1.62 bits per heavy atom. The van der Waals surface area contributed by atoms with Crippen LogP contribution in [0.15, 0.2) is 0 Å². The van der Waals surface area contributed by atoms with Gasteiger partial charge < -0.3 is 18.9 Å². The Balaban J connectivity index is 4.16. The number of rotatable bonds is 12. The highest BCUT2D eigenvalue weighted by molar-refractivity contribution is 7.46. The van der Waals surface area contributed by atoms with Gasteiger partial charge in [-0.05, 0) is 33.1 Å². The van der Waals surface area contributed by atoms with Crippen molar-refractivity contribution >= 4 is 20.3 Å².